The fourth-order valence-corrected chi connectivity index (χ4v) is 4.07. The molecule has 8 heteroatoms. The van der Waals surface area contributed by atoms with Crippen LogP contribution >= 0.6 is 22.9 Å². The van der Waals surface area contributed by atoms with Crippen molar-refractivity contribution in [2.24, 2.45) is 0 Å². The summed E-state index contributed by atoms with van der Waals surface area (Å²) in [5.41, 5.74) is 0.427. The van der Waals surface area contributed by atoms with E-state index in [1.165, 1.54) is 17.4 Å². The van der Waals surface area contributed by atoms with Gasteiger partial charge in [-0.05, 0) is 23.6 Å². The monoisotopic (exact) mass is 410 g/mol. The highest BCUT2D eigenvalue weighted by Gasteiger charge is 2.27. The molecule has 27 heavy (non-hydrogen) atoms. The molecule has 0 saturated carbocycles. The summed E-state index contributed by atoms with van der Waals surface area (Å²) < 4.78 is 13.9. The number of rotatable bonds is 5. The van der Waals surface area contributed by atoms with Gasteiger partial charge in [0.25, 0.3) is 11.8 Å². The molecule has 1 atom stereocenters. The molecule has 1 unspecified atom stereocenters. The number of hydrogen-bond donors (Lipinski definition) is 1. The molecule has 0 radical (unpaired) electrons. The summed E-state index contributed by atoms with van der Waals surface area (Å²) in [6.07, 6.45) is 0. The number of halogens is 2. The Morgan fingerprint density at radius 1 is 1.15 bits per heavy atom. The van der Waals surface area contributed by atoms with E-state index in [0.717, 1.165) is 9.78 Å². The largest absolute Gasteiger partial charge is 0.334 e. The second-order valence-electron chi connectivity index (χ2n) is 6.66. The van der Waals surface area contributed by atoms with Gasteiger partial charge in [-0.15, -0.1) is 11.3 Å². The molecule has 5 nitrogen and oxygen atoms in total. The van der Waals surface area contributed by atoms with E-state index in [0.29, 0.717) is 43.3 Å². The first-order valence-corrected chi connectivity index (χ1v) is 10.1. The number of nitrogens with zero attached hydrogens (tertiary/aromatic N) is 2. The van der Waals surface area contributed by atoms with Crippen LogP contribution in [0.15, 0.2) is 35.7 Å². The van der Waals surface area contributed by atoms with Crippen LogP contribution in [0.2, 0.25) is 5.02 Å². The molecule has 1 saturated heterocycles. The van der Waals surface area contributed by atoms with Gasteiger partial charge in [0.15, 0.2) is 6.54 Å². The normalized spacial score (nSPS) is 15.7. The smallest absolute Gasteiger partial charge is 0.277 e. The zero-order valence-electron chi connectivity index (χ0n) is 15.1. The third kappa shape index (κ3) is 4.86. The molecular formula is C19H22ClFN3O2S+. The number of hydrogen-bond acceptors (Lipinski definition) is 3. The Balaban J connectivity index is 1.50. The molecule has 2 amide bonds. The number of carbonyl (C=O) groups is 2. The second-order valence-corrected chi connectivity index (χ2v) is 8.02. The average molecular weight is 411 g/mol. The van der Waals surface area contributed by atoms with Crippen molar-refractivity contribution in [3.8, 4) is 0 Å². The van der Waals surface area contributed by atoms with E-state index >= 15 is 0 Å². The van der Waals surface area contributed by atoms with Gasteiger partial charge in [0, 0.05) is 26.2 Å². The van der Waals surface area contributed by atoms with E-state index in [1.54, 1.807) is 21.9 Å². The highest BCUT2D eigenvalue weighted by Crippen LogP contribution is 2.17. The summed E-state index contributed by atoms with van der Waals surface area (Å²) in [5.74, 6) is -0.327. The molecule has 1 aromatic carbocycles. The van der Waals surface area contributed by atoms with Crippen LogP contribution in [-0.2, 0) is 11.3 Å². The summed E-state index contributed by atoms with van der Waals surface area (Å²) >= 11 is 7.49. The summed E-state index contributed by atoms with van der Waals surface area (Å²) in [4.78, 5) is 30.1. The second kappa shape index (κ2) is 8.82. The molecule has 0 aliphatic carbocycles. The lowest BCUT2D eigenvalue weighted by Gasteiger charge is -2.34. The van der Waals surface area contributed by atoms with Crippen LogP contribution < -0.4 is 4.90 Å². The number of nitrogens with one attached hydrogen (secondary N) is 1. The van der Waals surface area contributed by atoms with Gasteiger partial charge in [-0.2, -0.15) is 0 Å². The molecule has 1 aliphatic rings. The van der Waals surface area contributed by atoms with Gasteiger partial charge in [0.05, 0.1) is 22.5 Å². The fourth-order valence-electron chi connectivity index (χ4n) is 3.15. The average Bonchev–Trinajstić information content (AvgIpc) is 3.19. The third-order valence-corrected chi connectivity index (χ3v) is 5.86. The Labute approximate surface area is 166 Å². The van der Waals surface area contributed by atoms with Crippen molar-refractivity contribution in [1.29, 1.82) is 0 Å². The highest BCUT2D eigenvalue weighted by atomic mass is 35.5. The third-order valence-electron chi connectivity index (χ3n) is 4.64. The lowest BCUT2D eigenvalue weighted by Crippen LogP contribution is -3.09. The van der Waals surface area contributed by atoms with Crippen molar-refractivity contribution in [2.45, 2.75) is 6.54 Å². The highest BCUT2D eigenvalue weighted by molar-refractivity contribution is 7.12. The minimum Gasteiger partial charge on any atom is -0.334 e. The number of benzene rings is 1. The molecule has 1 fully saturated rings. The van der Waals surface area contributed by atoms with E-state index in [4.69, 9.17) is 11.6 Å². The number of piperazine rings is 1. The molecule has 0 spiro atoms. The lowest BCUT2D eigenvalue weighted by atomic mass is 10.2. The maximum absolute atomic E-state index is 13.9. The first kappa shape index (κ1) is 19.8. The molecule has 144 valence electrons. The van der Waals surface area contributed by atoms with E-state index < -0.39 is 0 Å². The molecule has 1 N–H and O–H groups in total. The number of quaternary nitrogens is 1. The number of carbonyl (C=O) groups excluding carboxylic acids is 2. The van der Waals surface area contributed by atoms with E-state index in [9.17, 15) is 14.0 Å². The Bertz CT molecular complexity index is 787. The maximum Gasteiger partial charge on any atom is 0.277 e. The van der Waals surface area contributed by atoms with Crippen molar-refractivity contribution in [3.05, 3.63) is 57.0 Å². The molecule has 3 rings (SSSR count). The predicted molar refractivity (Wildman–Crippen MR) is 104 cm³/mol. The summed E-state index contributed by atoms with van der Waals surface area (Å²) in [7, 11) is 1.84. The number of amides is 2. The Kier molecular flexibility index (Phi) is 6.46. The van der Waals surface area contributed by atoms with Gasteiger partial charge in [-0.3, -0.25) is 9.59 Å². The van der Waals surface area contributed by atoms with Crippen molar-refractivity contribution in [3.63, 3.8) is 0 Å². The summed E-state index contributed by atoms with van der Waals surface area (Å²) in [6, 6.07) is 8.27. The van der Waals surface area contributed by atoms with Crippen LogP contribution in [0.3, 0.4) is 0 Å². The van der Waals surface area contributed by atoms with E-state index in [1.807, 2.05) is 24.6 Å². The minimum atomic E-state index is -0.352. The molecule has 1 aliphatic heterocycles. The van der Waals surface area contributed by atoms with E-state index in [-0.39, 0.29) is 24.2 Å². The van der Waals surface area contributed by atoms with Gasteiger partial charge in [-0.25, -0.2) is 4.39 Å². The molecule has 0 bridgehead atoms. The summed E-state index contributed by atoms with van der Waals surface area (Å²) in [6.45, 7) is 2.69. The van der Waals surface area contributed by atoms with Gasteiger partial charge < -0.3 is 14.7 Å². The molecular weight excluding hydrogens is 389 g/mol. The Morgan fingerprint density at radius 2 is 1.85 bits per heavy atom. The van der Waals surface area contributed by atoms with Crippen molar-refractivity contribution < 1.29 is 18.9 Å². The standard InChI is InChI=1S/C19H21ClFN3O2S/c1-22(12-14-15(20)4-2-5-16(14)21)13-18(25)23-7-9-24(10-8-23)19(26)17-6-3-11-27-17/h2-6,11H,7-10,12-13H2,1H3/p+1. The number of thiophene rings is 1. The quantitative estimate of drug-likeness (QED) is 0.812. The Hall–Kier alpha value is -1.96. The van der Waals surface area contributed by atoms with Crippen molar-refractivity contribution >= 4 is 34.8 Å². The molecule has 2 aromatic rings. The van der Waals surface area contributed by atoms with Crippen LogP contribution in [0, 0.1) is 5.82 Å². The summed E-state index contributed by atoms with van der Waals surface area (Å²) in [5, 5.41) is 2.26. The SMILES string of the molecule is C[NH+](CC(=O)N1CCN(C(=O)c2cccs2)CC1)Cc1c(F)cccc1Cl. The van der Waals surface area contributed by atoms with Crippen LogP contribution in [0.1, 0.15) is 15.2 Å². The van der Waals surface area contributed by atoms with Crippen LogP contribution in [0.4, 0.5) is 4.39 Å². The molecule has 2 heterocycles. The van der Waals surface area contributed by atoms with Gasteiger partial charge in [0.2, 0.25) is 0 Å². The zero-order chi connectivity index (χ0) is 19.4. The van der Waals surface area contributed by atoms with Gasteiger partial charge in [-0.1, -0.05) is 23.7 Å². The first-order valence-electron chi connectivity index (χ1n) is 8.80. The van der Waals surface area contributed by atoms with Gasteiger partial charge >= 0.3 is 0 Å². The lowest BCUT2D eigenvalue weighted by molar-refractivity contribution is -0.885. The van der Waals surface area contributed by atoms with Crippen LogP contribution in [0.5, 0.6) is 0 Å². The maximum atomic E-state index is 13.9. The Morgan fingerprint density at radius 3 is 2.48 bits per heavy atom. The van der Waals surface area contributed by atoms with Crippen LogP contribution in [0.25, 0.3) is 0 Å². The first-order chi connectivity index (χ1) is 13.0. The van der Waals surface area contributed by atoms with Crippen LogP contribution in [-0.4, -0.2) is 61.4 Å². The van der Waals surface area contributed by atoms with Crippen molar-refractivity contribution in [2.75, 3.05) is 39.8 Å². The van der Waals surface area contributed by atoms with E-state index in [2.05, 4.69) is 0 Å². The fraction of sp³-hybridized carbons (Fsp3) is 0.368. The molecule has 1 aromatic heterocycles. The van der Waals surface area contributed by atoms with Gasteiger partial charge in [0.1, 0.15) is 12.4 Å². The van der Waals surface area contributed by atoms with Crippen molar-refractivity contribution in [1.82, 2.24) is 9.80 Å². The topological polar surface area (TPSA) is 45.1 Å². The number of likely N-dealkylation sites (N-methyl/N-ethyl adjacent to an activating group) is 1. The predicted octanol–water partition coefficient (Wildman–Crippen LogP) is 1.54. The minimum absolute atomic E-state index is 0.00295. The zero-order valence-corrected chi connectivity index (χ0v) is 16.7.